The maximum Gasteiger partial charge on any atom is 0.408 e. The normalized spacial score (nSPS) is 25.9. The van der Waals surface area contributed by atoms with Gasteiger partial charge in [-0.15, -0.1) is 0 Å². The van der Waals surface area contributed by atoms with Gasteiger partial charge in [0, 0.05) is 36.5 Å². The molecule has 4 bridgehead atoms. The van der Waals surface area contributed by atoms with Gasteiger partial charge in [0.25, 0.3) is 0 Å². The molecule has 42 heavy (non-hydrogen) atoms. The van der Waals surface area contributed by atoms with E-state index in [0.717, 1.165) is 45.2 Å². The second-order valence-corrected chi connectivity index (χ2v) is 13.4. The number of imidazole rings is 1. The van der Waals surface area contributed by atoms with Crippen molar-refractivity contribution < 1.29 is 14.3 Å². The summed E-state index contributed by atoms with van der Waals surface area (Å²) < 4.78 is 6.15. The lowest BCUT2D eigenvalue weighted by molar-refractivity contribution is -0.127. The molecule has 2 aromatic heterocycles. The molecule has 4 aliphatic carbocycles. The van der Waals surface area contributed by atoms with E-state index in [1.807, 2.05) is 30.5 Å². The fourth-order valence-electron chi connectivity index (χ4n) is 8.22. The minimum absolute atomic E-state index is 0.0430. The molecule has 0 spiro atoms. The molecule has 0 radical (unpaired) electrons. The lowest BCUT2D eigenvalue weighted by Gasteiger charge is -2.53. The largest absolute Gasteiger partial charge is 0.446 e. The van der Waals surface area contributed by atoms with Gasteiger partial charge >= 0.3 is 6.09 Å². The topological polar surface area (TPSA) is 112 Å². The number of para-hydroxylation sites is 1. The standard InChI is InChI=1S/C34H41N5O3/c1-19-10-28-29(11-20(19)2)38-30(37-28)8-9-35-32(40)34(3,17-25-18-36-27-7-5-4-6-26(25)27)39-33(41)42-31-23-13-21-12-22(15-23)16-24(31)14-21/h4-7,10-11,18,21-24,31,36H,8-9,12-17H2,1-3H3,(H,35,40)(H,37,38)(H,39,41). The van der Waals surface area contributed by atoms with E-state index in [9.17, 15) is 9.59 Å². The number of aryl methyl sites for hydroxylation is 2. The minimum atomic E-state index is -1.20. The number of aromatic amines is 2. The van der Waals surface area contributed by atoms with Crippen LogP contribution in [0.25, 0.3) is 21.9 Å². The molecule has 4 N–H and O–H groups in total. The average Bonchev–Trinajstić information content (AvgIpc) is 3.53. The average molecular weight is 568 g/mol. The summed E-state index contributed by atoms with van der Waals surface area (Å²) in [5.74, 6) is 3.09. The summed E-state index contributed by atoms with van der Waals surface area (Å²) in [5.41, 5.74) is 5.12. The second-order valence-electron chi connectivity index (χ2n) is 13.4. The Labute approximate surface area is 246 Å². The van der Waals surface area contributed by atoms with E-state index in [-0.39, 0.29) is 12.0 Å². The van der Waals surface area contributed by atoms with Gasteiger partial charge in [-0.1, -0.05) is 18.2 Å². The number of ether oxygens (including phenoxy) is 1. The van der Waals surface area contributed by atoms with Crippen LogP contribution in [0.2, 0.25) is 0 Å². The van der Waals surface area contributed by atoms with Crippen molar-refractivity contribution >= 4 is 33.9 Å². The highest BCUT2D eigenvalue weighted by Gasteiger charge is 2.50. The number of amides is 2. The predicted octanol–water partition coefficient (Wildman–Crippen LogP) is 5.87. The number of hydrogen-bond donors (Lipinski definition) is 4. The number of H-pyrrole nitrogens is 2. The van der Waals surface area contributed by atoms with Gasteiger partial charge in [-0.3, -0.25) is 4.79 Å². The van der Waals surface area contributed by atoms with Crippen LogP contribution in [0.4, 0.5) is 4.79 Å². The third-order valence-electron chi connectivity index (χ3n) is 10.3. The van der Waals surface area contributed by atoms with Gasteiger partial charge in [-0.25, -0.2) is 9.78 Å². The highest BCUT2D eigenvalue weighted by molar-refractivity contribution is 5.91. The van der Waals surface area contributed by atoms with Crippen LogP contribution in [0.15, 0.2) is 42.6 Å². The lowest BCUT2D eigenvalue weighted by Crippen LogP contribution is -2.60. The molecular weight excluding hydrogens is 526 g/mol. The molecule has 8 rings (SSSR count). The number of carbonyl (C=O) groups is 2. The first kappa shape index (κ1) is 27.0. The number of carbonyl (C=O) groups excluding carboxylic acids is 2. The predicted molar refractivity (Wildman–Crippen MR) is 163 cm³/mol. The Morgan fingerprint density at radius 2 is 1.71 bits per heavy atom. The van der Waals surface area contributed by atoms with Crippen LogP contribution >= 0.6 is 0 Å². The van der Waals surface area contributed by atoms with Crippen molar-refractivity contribution in [2.24, 2.45) is 23.7 Å². The van der Waals surface area contributed by atoms with Gasteiger partial charge in [0.1, 0.15) is 17.5 Å². The number of alkyl carbamates (subject to hydrolysis) is 1. The summed E-state index contributed by atoms with van der Waals surface area (Å²) in [7, 11) is 0. The zero-order valence-corrected chi connectivity index (χ0v) is 24.8. The van der Waals surface area contributed by atoms with Crippen molar-refractivity contribution in [1.82, 2.24) is 25.6 Å². The molecule has 2 aromatic carbocycles. The number of rotatable bonds is 8. The van der Waals surface area contributed by atoms with E-state index in [0.29, 0.717) is 31.2 Å². The van der Waals surface area contributed by atoms with Gasteiger partial charge in [0.05, 0.1) is 11.0 Å². The summed E-state index contributed by atoms with van der Waals surface area (Å²) in [6.07, 6.45) is 8.30. The zero-order valence-electron chi connectivity index (χ0n) is 24.8. The molecule has 220 valence electrons. The Kier molecular flexibility index (Phi) is 6.75. The molecule has 2 heterocycles. The van der Waals surface area contributed by atoms with Crippen molar-refractivity contribution in [3.8, 4) is 0 Å². The highest BCUT2D eigenvalue weighted by Crippen LogP contribution is 2.54. The van der Waals surface area contributed by atoms with Crippen LogP contribution in [0.3, 0.4) is 0 Å². The molecule has 0 aliphatic heterocycles. The smallest absolute Gasteiger partial charge is 0.408 e. The van der Waals surface area contributed by atoms with E-state index in [1.54, 1.807) is 6.92 Å². The van der Waals surface area contributed by atoms with E-state index >= 15 is 0 Å². The van der Waals surface area contributed by atoms with Gasteiger partial charge in [0.15, 0.2) is 0 Å². The lowest BCUT2D eigenvalue weighted by atomic mass is 9.55. The fraction of sp³-hybridized carbons (Fsp3) is 0.500. The van der Waals surface area contributed by atoms with Crippen molar-refractivity contribution in [1.29, 1.82) is 0 Å². The van der Waals surface area contributed by atoms with E-state index in [4.69, 9.17) is 9.72 Å². The van der Waals surface area contributed by atoms with Gasteiger partial charge in [-0.05, 0) is 111 Å². The van der Waals surface area contributed by atoms with E-state index in [2.05, 4.69) is 46.6 Å². The Balaban J connectivity index is 1.06. The Morgan fingerprint density at radius 3 is 2.48 bits per heavy atom. The van der Waals surface area contributed by atoms with E-state index in [1.165, 1.54) is 43.2 Å². The number of aromatic nitrogens is 3. The molecule has 8 nitrogen and oxygen atoms in total. The number of nitrogens with one attached hydrogen (secondary N) is 4. The molecule has 2 amide bonds. The zero-order chi connectivity index (χ0) is 29.0. The quantitative estimate of drug-likeness (QED) is 0.213. The van der Waals surface area contributed by atoms with Crippen LogP contribution in [0.5, 0.6) is 0 Å². The van der Waals surface area contributed by atoms with Gasteiger partial charge < -0.3 is 25.3 Å². The number of benzene rings is 2. The van der Waals surface area contributed by atoms with Crippen molar-refractivity contribution in [2.75, 3.05) is 6.54 Å². The van der Waals surface area contributed by atoms with Gasteiger partial charge in [-0.2, -0.15) is 0 Å². The van der Waals surface area contributed by atoms with Gasteiger partial charge in [0.2, 0.25) is 5.91 Å². The monoisotopic (exact) mass is 567 g/mol. The maximum atomic E-state index is 13.8. The first-order chi connectivity index (χ1) is 20.2. The number of nitrogens with zero attached hydrogens (tertiary/aromatic N) is 1. The highest BCUT2D eigenvalue weighted by atomic mass is 16.6. The van der Waals surface area contributed by atoms with Crippen LogP contribution in [0, 0.1) is 37.5 Å². The van der Waals surface area contributed by atoms with Crippen LogP contribution in [0.1, 0.15) is 61.5 Å². The Morgan fingerprint density at radius 1 is 1.00 bits per heavy atom. The second kappa shape index (κ2) is 10.5. The minimum Gasteiger partial charge on any atom is -0.446 e. The van der Waals surface area contributed by atoms with Crippen LogP contribution in [-0.2, 0) is 22.4 Å². The van der Waals surface area contributed by atoms with E-state index < -0.39 is 11.6 Å². The maximum absolute atomic E-state index is 13.8. The number of fused-ring (bicyclic) bond motifs is 2. The molecular formula is C34H41N5O3. The molecule has 0 saturated heterocycles. The summed E-state index contributed by atoms with van der Waals surface area (Å²) in [5, 5.41) is 7.15. The molecule has 4 aliphatic rings. The fourth-order valence-corrected chi connectivity index (χ4v) is 8.22. The Bertz CT molecular complexity index is 1590. The first-order valence-electron chi connectivity index (χ1n) is 15.5. The van der Waals surface area contributed by atoms with Crippen LogP contribution in [-0.4, -0.2) is 45.1 Å². The summed E-state index contributed by atoms with van der Waals surface area (Å²) in [6.45, 7) is 6.37. The third kappa shape index (κ3) is 5.05. The SMILES string of the molecule is Cc1cc2nc(CCNC(=O)C(C)(Cc3c[nH]c4ccccc34)NC(=O)OC3C4CC5CC(C4)CC3C5)[nH]c2cc1C. The molecule has 1 atom stereocenters. The summed E-state index contributed by atoms with van der Waals surface area (Å²) >= 11 is 0. The van der Waals surface area contributed by atoms with Crippen molar-refractivity contribution in [3.05, 3.63) is 65.1 Å². The molecule has 4 aromatic rings. The Hall–Kier alpha value is -3.81. The first-order valence-corrected chi connectivity index (χ1v) is 15.5. The van der Waals surface area contributed by atoms with Crippen molar-refractivity contribution in [3.63, 3.8) is 0 Å². The molecule has 1 unspecified atom stereocenters. The molecule has 4 fully saturated rings. The van der Waals surface area contributed by atoms with Crippen molar-refractivity contribution in [2.45, 2.75) is 77.4 Å². The molecule has 4 saturated carbocycles. The van der Waals surface area contributed by atoms with Crippen LogP contribution < -0.4 is 10.6 Å². The number of hydrogen-bond acceptors (Lipinski definition) is 4. The summed E-state index contributed by atoms with van der Waals surface area (Å²) in [4.78, 5) is 38.7. The molecule has 8 heteroatoms. The third-order valence-corrected chi connectivity index (χ3v) is 10.3. The summed E-state index contributed by atoms with van der Waals surface area (Å²) in [6, 6.07) is 12.2.